The summed E-state index contributed by atoms with van der Waals surface area (Å²) in [6.07, 6.45) is 3.39. The maximum Gasteiger partial charge on any atom is 0.319 e. The van der Waals surface area contributed by atoms with Crippen LogP contribution in [0.5, 0.6) is 0 Å². The van der Waals surface area contributed by atoms with Crippen molar-refractivity contribution in [3.05, 3.63) is 76.4 Å². The van der Waals surface area contributed by atoms with Gasteiger partial charge in [-0.2, -0.15) is 0 Å². The number of aryl methyl sites for hydroxylation is 1. The molecule has 4 heteroatoms. The predicted octanol–water partition coefficient (Wildman–Crippen LogP) is 4.12. The lowest BCUT2D eigenvalue weighted by molar-refractivity contribution is 0.244. The molecular weight excluding hydrogens is 284 g/mol. The lowest BCUT2D eigenvalue weighted by Crippen LogP contribution is -2.31. The summed E-state index contributed by atoms with van der Waals surface area (Å²) >= 11 is 5.89. The Balaban J connectivity index is 1.81. The van der Waals surface area contributed by atoms with Crippen LogP contribution in [-0.2, 0) is 6.54 Å². The molecule has 0 aromatic heterocycles. The van der Waals surface area contributed by atoms with E-state index in [0.717, 1.165) is 16.7 Å². The molecule has 0 atom stereocenters. The second-order valence-electron chi connectivity index (χ2n) is 4.64. The van der Waals surface area contributed by atoms with Crippen molar-refractivity contribution in [2.24, 2.45) is 0 Å². The van der Waals surface area contributed by atoms with Gasteiger partial charge in [0.05, 0.1) is 0 Å². The van der Waals surface area contributed by atoms with Crippen molar-refractivity contribution >= 4 is 23.7 Å². The van der Waals surface area contributed by atoms with Gasteiger partial charge in [0.1, 0.15) is 0 Å². The molecule has 0 saturated heterocycles. The zero-order valence-corrected chi connectivity index (χ0v) is 12.5. The lowest BCUT2D eigenvalue weighted by Gasteiger charge is -2.07. The molecule has 0 aliphatic rings. The fraction of sp³-hybridized carbons (Fsp3) is 0.118. The third kappa shape index (κ3) is 4.97. The lowest BCUT2D eigenvalue weighted by atomic mass is 10.1. The molecule has 0 bridgehead atoms. The third-order valence-corrected chi connectivity index (χ3v) is 3.27. The first-order valence-electron chi connectivity index (χ1n) is 6.66. The van der Waals surface area contributed by atoms with E-state index in [4.69, 9.17) is 11.6 Å². The van der Waals surface area contributed by atoms with E-state index in [-0.39, 0.29) is 6.03 Å². The van der Waals surface area contributed by atoms with Gasteiger partial charge in [0, 0.05) is 17.8 Å². The molecule has 2 aromatic carbocycles. The van der Waals surface area contributed by atoms with Crippen molar-refractivity contribution in [1.82, 2.24) is 10.6 Å². The van der Waals surface area contributed by atoms with Crippen LogP contribution in [0.4, 0.5) is 4.79 Å². The molecule has 2 amide bonds. The van der Waals surface area contributed by atoms with Crippen LogP contribution in [0.15, 0.2) is 54.7 Å². The van der Waals surface area contributed by atoms with Crippen LogP contribution in [0.1, 0.15) is 16.7 Å². The maximum atomic E-state index is 11.7. The van der Waals surface area contributed by atoms with Crippen LogP contribution in [0.3, 0.4) is 0 Å². The minimum absolute atomic E-state index is 0.239. The van der Waals surface area contributed by atoms with Gasteiger partial charge in [-0.25, -0.2) is 4.79 Å². The van der Waals surface area contributed by atoms with Crippen LogP contribution >= 0.6 is 11.6 Å². The summed E-state index contributed by atoms with van der Waals surface area (Å²) in [5, 5.41) is 6.14. The first-order valence-corrected chi connectivity index (χ1v) is 7.04. The second-order valence-corrected chi connectivity index (χ2v) is 5.08. The molecule has 2 rings (SSSR count). The highest BCUT2D eigenvalue weighted by Gasteiger charge is 2.00. The normalized spacial score (nSPS) is 10.6. The number of rotatable bonds is 4. The van der Waals surface area contributed by atoms with Gasteiger partial charge >= 0.3 is 6.03 Å². The quantitative estimate of drug-likeness (QED) is 0.876. The highest BCUT2D eigenvalue weighted by atomic mass is 35.5. The molecule has 0 aliphatic heterocycles. The van der Waals surface area contributed by atoms with E-state index in [9.17, 15) is 4.79 Å². The summed E-state index contributed by atoms with van der Waals surface area (Å²) in [6, 6.07) is 15.1. The maximum absolute atomic E-state index is 11.7. The summed E-state index contributed by atoms with van der Waals surface area (Å²) in [7, 11) is 0. The Morgan fingerprint density at radius 1 is 1.19 bits per heavy atom. The van der Waals surface area contributed by atoms with E-state index in [0.29, 0.717) is 11.6 Å². The van der Waals surface area contributed by atoms with Gasteiger partial charge in [-0.15, -0.1) is 0 Å². The van der Waals surface area contributed by atoms with E-state index < -0.39 is 0 Å². The van der Waals surface area contributed by atoms with Gasteiger partial charge in [0.25, 0.3) is 0 Å². The fourth-order valence-electron chi connectivity index (χ4n) is 1.86. The molecule has 21 heavy (non-hydrogen) atoms. The third-order valence-electron chi connectivity index (χ3n) is 3.04. The molecule has 0 spiro atoms. The summed E-state index contributed by atoms with van der Waals surface area (Å²) < 4.78 is 0. The van der Waals surface area contributed by atoms with Gasteiger partial charge in [0.2, 0.25) is 0 Å². The number of carbonyl (C=O) groups is 1. The van der Waals surface area contributed by atoms with E-state index in [1.807, 2.05) is 49.4 Å². The highest BCUT2D eigenvalue weighted by molar-refractivity contribution is 6.30. The largest absolute Gasteiger partial charge is 0.334 e. The molecule has 0 fully saturated rings. The Morgan fingerprint density at radius 3 is 2.76 bits per heavy atom. The Bertz CT molecular complexity index is 653. The van der Waals surface area contributed by atoms with Gasteiger partial charge in [-0.05, 0) is 41.8 Å². The molecule has 2 N–H and O–H groups in total. The Labute approximate surface area is 129 Å². The number of nitrogens with one attached hydrogen (secondary N) is 2. The number of hydrogen-bond donors (Lipinski definition) is 2. The van der Waals surface area contributed by atoms with E-state index in [1.165, 1.54) is 0 Å². The first-order chi connectivity index (χ1) is 10.1. The van der Waals surface area contributed by atoms with Crippen LogP contribution in [0.25, 0.3) is 6.08 Å². The summed E-state index contributed by atoms with van der Waals surface area (Å²) in [6.45, 7) is 2.53. The van der Waals surface area contributed by atoms with Crippen molar-refractivity contribution in [3.63, 3.8) is 0 Å². The molecular formula is C17H17ClN2O. The molecule has 0 heterocycles. The highest BCUT2D eigenvalue weighted by Crippen LogP contribution is 2.11. The number of amides is 2. The number of benzene rings is 2. The molecule has 3 nitrogen and oxygen atoms in total. The van der Waals surface area contributed by atoms with Crippen LogP contribution in [-0.4, -0.2) is 6.03 Å². The van der Waals surface area contributed by atoms with Crippen LogP contribution in [0.2, 0.25) is 5.02 Å². The van der Waals surface area contributed by atoms with Crippen LogP contribution in [0, 0.1) is 6.92 Å². The standard InChI is InChI=1S/C17H17ClN2O/c1-13-5-2-3-7-15(13)12-20-17(21)19-10-9-14-6-4-8-16(18)11-14/h2-11H,12H2,1H3,(H2,19,20,21)/b10-9+. The molecule has 0 radical (unpaired) electrons. The minimum Gasteiger partial charge on any atom is -0.334 e. The van der Waals surface area contributed by atoms with E-state index in [2.05, 4.69) is 10.6 Å². The zero-order valence-electron chi connectivity index (χ0n) is 11.8. The Hall–Kier alpha value is -2.26. The number of urea groups is 1. The average molecular weight is 301 g/mol. The van der Waals surface area contributed by atoms with Crippen molar-refractivity contribution < 1.29 is 4.79 Å². The first kappa shape index (κ1) is 15.1. The van der Waals surface area contributed by atoms with Gasteiger partial charge in [0.15, 0.2) is 0 Å². The van der Waals surface area contributed by atoms with Crippen molar-refractivity contribution in [1.29, 1.82) is 0 Å². The minimum atomic E-state index is -0.239. The monoisotopic (exact) mass is 300 g/mol. The Kier molecular flexibility index (Phi) is 5.41. The van der Waals surface area contributed by atoms with E-state index in [1.54, 1.807) is 18.3 Å². The molecule has 0 aliphatic carbocycles. The smallest absolute Gasteiger partial charge is 0.319 e. The average Bonchev–Trinajstić information content (AvgIpc) is 2.46. The summed E-state index contributed by atoms with van der Waals surface area (Å²) in [5.74, 6) is 0. The number of carbonyl (C=O) groups excluding carboxylic acids is 1. The summed E-state index contributed by atoms with van der Waals surface area (Å²) in [4.78, 5) is 11.7. The molecule has 0 saturated carbocycles. The SMILES string of the molecule is Cc1ccccc1CNC(=O)N/C=C/c1cccc(Cl)c1. The molecule has 108 valence electrons. The Morgan fingerprint density at radius 2 is 2.00 bits per heavy atom. The zero-order chi connectivity index (χ0) is 15.1. The fourth-order valence-corrected chi connectivity index (χ4v) is 2.06. The van der Waals surface area contributed by atoms with E-state index >= 15 is 0 Å². The van der Waals surface area contributed by atoms with Gasteiger partial charge in [-0.1, -0.05) is 48.0 Å². The van der Waals surface area contributed by atoms with Gasteiger partial charge in [-0.3, -0.25) is 0 Å². The van der Waals surface area contributed by atoms with Crippen molar-refractivity contribution in [2.75, 3.05) is 0 Å². The molecule has 0 unspecified atom stereocenters. The second kappa shape index (κ2) is 7.50. The number of halogens is 1. The molecule has 2 aromatic rings. The van der Waals surface area contributed by atoms with Crippen molar-refractivity contribution in [3.8, 4) is 0 Å². The summed E-state index contributed by atoms with van der Waals surface area (Å²) in [5.41, 5.74) is 3.19. The van der Waals surface area contributed by atoms with Gasteiger partial charge < -0.3 is 10.6 Å². The van der Waals surface area contributed by atoms with Crippen molar-refractivity contribution in [2.45, 2.75) is 13.5 Å². The number of hydrogen-bond acceptors (Lipinski definition) is 1. The van der Waals surface area contributed by atoms with Crippen LogP contribution < -0.4 is 10.6 Å². The predicted molar refractivity (Wildman–Crippen MR) is 87.0 cm³/mol. The topological polar surface area (TPSA) is 41.1 Å².